The Morgan fingerprint density at radius 2 is 1.52 bits per heavy atom. The lowest BCUT2D eigenvalue weighted by Gasteiger charge is -2.16. The molecule has 0 atom stereocenters. The van der Waals surface area contributed by atoms with Crippen LogP contribution in [-0.4, -0.2) is 18.7 Å². The molecule has 2 rings (SSSR count). The Labute approximate surface area is 146 Å². The predicted molar refractivity (Wildman–Crippen MR) is 90.3 cm³/mol. The first-order chi connectivity index (χ1) is 11.9. The number of benzene rings is 2. The summed E-state index contributed by atoms with van der Waals surface area (Å²) in [5.41, 5.74) is 1.58. The molecule has 6 nitrogen and oxygen atoms in total. The van der Waals surface area contributed by atoms with E-state index in [1.54, 1.807) is 24.3 Å². The zero-order valence-electron chi connectivity index (χ0n) is 14.4. The number of ether oxygens (including phenoxy) is 1. The van der Waals surface area contributed by atoms with Crippen molar-refractivity contribution in [3.05, 3.63) is 60.2 Å². The van der Waals surface area contributed by atoms with Crippen molar-refractivity contribution in [3.8, 4) is 11.1 Å². The van der Waals surface area contributed by atoms with Crippen molar-refractivity contribution in [2.75, 3.05) is 6.61 Å². The molecule has 2 aromatic carbocycles. The third-order valence-electron chi connectivity index (χ3n) is 3.07. The molecular formula is C19H20O6. The van der Waals surface area contributed by atoms with Gasteiger partial charge in [0.05, 0.1) is 17.2 Å². The first kappa shape index (κ1) is 18.5. The molecule has 0 aliphatic carbocycles. The molecule has 0 aliphatic rings. The number of carbonyl (C=O) groups excluding carboxylic acids is 2. The summed E-state index contributed by atoms with van der Waals surface area (Å²) in [7, 11) is 0. The van der Waals surface area contributed by atoms with Crippen LogP contribution < -0.4 is 0 Å². The molecule has 25 heavy (non-hydrogen) atoms. The number of hydrogen-bond acceptors (Lipinski definition) is 6. The Bertz CT molecular complexity index is 718. The minimum atomic E-state index is -1.08. The topological polar surface area (TPSA) is 71.1 Å². The van der Waals surface area contributed by atoms with Gasteiger partial charge in [-0.2, -0.15) is 0 Å². The molecule has 0 radical (unpaired) electrons. The second kappa shape index (κ2) is 8.30. The highest BCUT2D eigenvalue weighted by Gasteiger charge is 2.18. The summed E-state index contributed by atoms with van der Waals surface area (Å²) in [6.07, 6.45) is -1.08. The average Bonchev–Trinajstić information content (AvgIpc) is 2.60. The second-order valence-corrected chi connectivity index (χ2v) is 6.53. The van der Waals surface area contributed by atoms with Crippen molar-refractivity contribution in [1.82, 2.24) is 0 Å². The Morgan fingerprint density at radius 3 is 2.20 bits per heavy atom. The molecule has 0 fully saturated rings. The Morgan fingerprint density at radius 1 is 0.880 bits per heavy atom. The van der Waals surface area contributed by atoms with Crippen molar-refractivity contribution in [2.24, 2.45) is 5.41 Å². The zero-order chi connectivity index (χ0) is 18.3. The Balaban J connectivity index is 1.93. The van der Waals surface area contributed by atoms with E-state index in [0.29, 0.717) is 5.56 Å². The molecule has 0 amide bonds. The summed E-state index contributed by atoms with van der Waals surface area (Å²) in [4.78, 5) is 32.3. The normalized spacial score (nSPS) is 10.8. The Kier molecular flexibility index (Phi) is 6.14. The van der Waals surface area contributed by atoms with Crippen LogP contribution in [0.3, 0.4) is 0 Å². The summed E-state index contributed by atoms with van der Waals surface area (Å²) in [5, 5.41) is 4.24. The van der Waals surface area contributed by atoms with Gasteiger partial charge in [0.2, 0.25) is 0 Å². The minimum absolute atomic E-state index is 0.139. The van der Waals surface area contributed by atoms with E-state index in [0.717, 1.165) is 5.56 Å². The summed E-state index contributed by atoms with van der Waals surface area (Å²) in [6, 6.07) is 16.2. The van der Waals surface area contributed by atoms with Crippen LogP contribution >= 0.6 is 0 Å². The fourth-order valence-electron chi connectivity index (χ4n) is 1.95. The minimum Gasteiger partial charge on any atom is -0.432 e. The molecule has 0 heterocycles. The Hall–Kier alpha value is -2.86. The van der Waals surface area contributed by atoms with Gasteiger partial charge in [-0.15, -0.1) is 0 Å². The average molecular weight is 344 g/mol. The highest BCUT2D eigenvalue weighted by atomic mass is 17.5. The maximum atomic E-state index is 12.2. The number of rotatable bonds is 5. The van der Waals surface area contributed by atoms with E-state index in [-0.39, 0.29) is 17.6 Å². The SMILES string of the molecule is CC(C)(C)COC(=O)OOOC(=O)c1ccccc1-c1ccccc1. The van der Waals surface area contributed by atoms with Crippen molar-refractivity contribution in [3.63, 3.8) is 0 Å². The van der Waals surface area contributed by atoms with Crippen LogP contribution in [0, 0.1) is 5.41 Å². The van der Waals surface area contributed by atoms with Crippen LogP contribution in [0.25, 0.3) is 11.1 Å². The van der Waals surface area contributed by atoms with Gasteiger partial charge >= 0.3 is 12.1 Å². The standard InChI is InChI=1S/C19H20O6/c1-19(2,3)13-22-18(21)24-25-23-17(20)16-12-8-7-11-15(16)14-9-5-4-6-10-14/h4-12H,13H2,1-3H3. The molecule has 6 heteroatoms. The van der Waals surface area contributed by atoms with E-state index < -0.39 is 12.1 Å². The second-order valence-electron chi connectivity index (χ2n) is 6.53. The lowest BCUT2D eigenvalue weighted by molar-refractivity contribution is -0.452. The first-order valence-electron chi connectivity index (χ1n) is 7.73. The van der Waals surface area contributed by atoms with Crippen LogP contribution in [0.15, 0.2) is 54.6 Å². The maximum Gasteiger partial charge on any atom is 0.543 e. The first-order valence-corrected chi connectivity index (χ1v) is 7.73. The summed E-state index contributed by atoms with van der Waals surface area (Å²) < 4.78 is 4.81. The molecule has 0 bridgehead atoms. The molecule has 132 valence electrons. The van der Waals surface area contributed by atoms with Gasteiger partial charge in [0.1, 0.15) is 0 Å². The molecule has 0 saturated heterocycles. The van der Waals surface area contributed by atoms with Gasteiger partial charge in [0, 0.05) is 0 Å². The summed E-state index contributed by atoms with van der Waals surface area (Å²) in [5.74, 6) is -0.789. The van der Waals surface area contributed by atoms with E-state index in [2.05, 4.69) is 14.8 Å². The molecule has 0 saturated carbocycles. The third kappa shape index (κ3) is 5.93. The molecule has 0 N–H and O–H groups in total. The van der Waals surface area contributed by atoms with E-state index >= 15 is 0 Å². The van der Waals surface area contributed by atoms with Crippen molar-refractivity contribution in [1.29, 1.82) is 0 Å². The van der Waals surface area contributed by atoms with E-state index in [1.807, 2.05) is 51.1 Å². The van der Waals surface area contributed by atoms with Gasteiger partial charge in [0.25, 0.3) is 0 Å². The lowest BCUT2D eigenvalue weighted by Crippen LogP contribution is -2.19. The fraction of sp³-hybridized carbons (Fsp3) is 0.263. The molecular weight excluding hydrogens is 324 g/mol. The molecule has 2 aromatic rings. The zero-order valence-corrected chi connectivity index (χ0v) is 14.4. The van der Waals surface area contributed by atoms with E-state index in [1.165, 1.54) is 0 Å². The van der Waals surface area contributed by atoms with Crippen LogP contribution in [0.2, 0.25) is 0 Å². The third-order valence-corrected chi connectivity index (χ3v) is 3.07. The van der Waals surface area contributed by atoms with E-state index in [9.17, 15) is 9.59 Å². The van der Waals surface area contributed by atoms with Crippen LogP contribution in [0.1, 0.15) is 31.1 Å². The maximum absolute atomic E-state index is 12.2. The number of carbonyl (C=O) groups is 2. The summed E-state index contributed by atoms with van der Waals surface area (Å²) in [6.45, 7) is 5.81. The van der Waals surface area contributed by atoms with Gasteiger partial charge in [-0.25, -0.2) is 14.5 Å². The van der Waals surface area contributed by atoms with Crippen LogP contribution in [-0.2, 0) is 19.6 Å². The largest absolute Gasteiger partial charge is 0.543 e. The molecule has 0 unspecified atom stereocenters. The lowest BCUT2D eigenvalue weighted by atomic mass is 9.99. The van der Waals surface area contributed by atoms with Crippen molar-refractivity contribution >= 4 is 12.1 Å². The van der Waals surface area contributed by atoms with Crippen molar-refractivity contribution < 1.29 is 29.1 Å². The molecule has 0 spiro atoms. The highest BCUT2D eigenvalue weighted by Crippen LogP contribution is 2.24. The fourth-order valence-corrected chi connectivity index (χ4v) is 1.95. The van der Waals surface area contributed by atoms with Crippen molar-refractivity contribution in [2.45, 2.75) is 20.8 Å². The van der Waals surface area contributed by atoms with Crippen LogP contribution in [0.4, 0.5) is 4.79 Å². The van der Waals surface area contributed by atoms with Crippen LogP contribution in [0.5, 0.6) is 0 Å². The van der Waals surface area contributed by atoms with Gasteiger partial charge in [-0.05, 0) is 22.6 Å². The number of hydrogen-bond donors (Lipinski definition) is 0. The van der Waals surface area contributed by atoms with E-state index in [4.69, 9.17) is 4.74 Å². The predicted octanol–water partition coefficient (Wildman–Crippen LogP) is 4.56. The molecule has 0 aliphatic heterocycles. The van der Waals surface area contributed by atoms with Gasteiger partial charge in [-0.1, -0.05) is 69.3 Å². The smallest absolute Gasteiger partial charge is 0.432 e. The van der Waals surface area contributed by atoms with Gasteiger partial charge < -0.3 is 4.74 Å². The monoisotopic (exact) mass is 344 g/mol. The van der Waals surface area contributed by atoms with Gasteiger partial charge in [0.15, 0.2) is 0 Å². The highest BCUT2D eigenvalue weighted by molar-refractivity contribution is 5.96. The molecule has 0 aromatic heterocycles. The quantitative estimate of drug-likeness (QED) is 0.450. The van der Waals surface area contributed by atoms with Gasteiger partial charge in [-0.3, -0.25) is 4.89 Å². The summed E-state index contributed by atoms with van der Waals surface area (Å²) >= 11 is 0.